The van der Waals surface area contributed by atoms with Crippen LogP contribution in [0.15, 0.2) is 30.3 Å². The van der Waals surface area contributed by atoms with Gasteiger partial charge in [-0.2, -0.15) is 0 Å². The average molecular weight is 393 g/mol. The normalized spacial score (nSPS) is 15.5. The van der Waals surface area contributed by atoms with Gasteiger partial charge in [-0.25, -0.2) is 0 Å². The van der Waals surface area contributed by atoms with Crippen molar-refractivity contribution < 1.29 is 4.74 Å². The highest BCUT2D eigenvalue weighted by Crippen LogP contribution is 2.39. The highest BCUT2D eigenvalue weighted by Gasteiger charge is 2.28. The molecule has 0 saturated carbocycles. The first kappa shape index (κ1) is 18.9. The molecule has 3 heterocycles. The molecule has 0 bridgehead atoms. The molecule has 1 aliphatic rings. The predicted octanol–water partition coefficient (Wildman–Crippen LogP) is 3.73. The monoisotopic (exact) mass is 392 g/mol. The molecule has 0 unspecified atom stereocenters. The van der Waals surface area contributed by atoms with Crippen molar-refractivity contribution in [1.82, 2.24) is 19.7 Å². The number of thiophene rings is 1. The second kappa shape index (κ2) is 7.88. The largest absolute Gasteiger partial charge is 0.366 e. The summed E-state index contributed by atoms with van der Waals surface area (Å²) >= 11 is 1.72. The first-order chi connectivity index (χ1) is 13.5. The lowest BCUT2D eigenvalue weighted by atomic mass is 10.0. The average Bonchev–Trinajstić information content (AvgIpc) is 3.17. The van der Waals surface area contributed by atoms with Gasteiger partial charge in [0, 0.05) is 5.56 Å². The lowest BCUT2D eigenvalue weighted by molar-refractivity contribution is 0.0493. The summed E-state index contributed by atoms with van der Waals surface area (Å²) < 4.78 is 8.27. The van der Waals surface area contributed by atoms with Crippen molar-refractivity contribution in [3.05, 3.63) is 63.5 Å². The van der Waals surface area contributed by atoms with E-state index in [1.54, 1.807) is 11.3 Å². The number of nitrogens with zero attached hydrogens (tertiary/aromatic N) is 4. The van der Waals surface area contributed by atoms with Crippen LogP contribution in [-0.4, -0.2) is 40.3 Å². The van der Waals surface area contributed by atoms with E-state index in [1.165, 1.54) is 16.7 Å². The number of benzene rings is 1. The zero-order valence-corrected chi connectivity index (χ0v) is 17.5. The summed E-state index contributed by atoms with van der Waals surface area (Å²) in [6.07, 6.45) is 0.751. The van der Waals surface area contributed by atoms with Crippen LogP contribution in [-0.2, 0) is 17.8 Å². The molecule has 1 aromatic carbocycles. The van der Waals surface area contributed by atoms with Gasteiger partial charge in [-0.1, -0.05) is 42.2 Å². The summed E-state index contributed by atoms with van der Waals surface area (Å²) in [7, 11) is 4.07. The third-order valence-electron chi connectivity index (χ3n) is 4.81. The smallest absolute Gasteiger partial charge is 0.167 e. The van der Waals surface area contributed by atoms with E-state index in [1.807, 2.05) is 34.0 Å². The van der Waals surface area contributed by atoms with Gasteiger partial charge in [-0.15, -0.1) is 21.5 Å². The molecular weight excluding hydrogens is 368 g/mol. The van der Waals surface area contributed by atoms with E-state index in [0.717, 1.165) is 34.5 Å². The summed E-state index contributed by atoms with van der Waals surface area (Å²) in [6, 6.07) is 10.5. The summed E-state index contributed by atoms with van der Waals surface area (Å²) in [5.74, 6) is 8.45. The number of fused-ring (bicyclic) bond motifs is 3. The fourth-order valence-electron chi connectivity index (χ4n) is 3.36. The van der Waals surface area contributed by atoms with Gasteiger partial charge >= 0.3 is 0 Å². The topological polar surface area (TPSA) is 43.2 Å². The zero-order chi connectivity index (χ0) is 19.7. The van der Waals surface area contributed by atoms with E-state index in [9.17, 15) is 0 Å². The molecule has 0 N–H and O–H groups in total. The van der Waals surface area contributed by atoms with Crippen LogP contribution in [0.2, 0.25) is 0 Å². The lowest BCUT2D eigenvalue weighted by Gasteiger charge is -2.09. The standard InChI is InChI=1S/C22H24N4OS/c1-15-21-24-23-16(2)26(21)22-19(14-27-15)18(13-17-9-6-5-7-10-17)20(28-22)11-8-12-25(3)4/h5-7,9-10,15H,12-14H2,1-4H3/t15-/m0/s1. The van der Waals surface area contributed by atoms with E-state index in [2.05, 4.69) is 55.8 Å². The van der Waals surface area contributed by atoms with Crippen LogP contribution in [0.3, 0.4) is 0 Å². The van der Waals surface area contributed by atoms with Crippen molar-refractivity contribution in [3.8, 4) is 16.8 Å². The van der Waals surface area contributed by atoms with Gasteiger partial charge < -0.3 is 4.74 Å². The van der Waals surface area contributed by atoms with Crippen LogP contribution in [0.5, 0.6) is 0 Å². The summed E-state index contributed by atoms with van der Waals surface area (Å²) in [5.41, 5.74) is 3.74. The Balaban J connectivity index is 1.85. The summed E-state index contributed by atoms with van der Waals surface area (Å²) in [4.78, 5) is 3.18. The van der Waals surface area contributed by atoms with Crippen molar-refractivity contribution >= 4 is 11.3 Å². The highest BCUT2D eigenvalue weighted by molar-refractivity contribution is 7.15. The maximum absolute atomic E-state index is 6.13. The fourth-order valence-corrected chi connectivity index (χ4v) is 4.61. The SMILES string of the molecule is Cc1nnc2n1-c1sc(C#CCN(C)C)c(Cc3ccccc3)c1CO[C@H]2C. The van der Waals surface area contributed by atoms with E-state index < -0.39 is 0 Å². The van der Waals surface area contributed by atoms with Crippen molar-refractivity contribution in [2.24, 2.45) is 0 Å². The van der Waals surface area contributed by atoms with Crippen LogP contribution in [0.4, 0.5) is 0 Å². The molecule has 0 saturated heterocycles. The molecule has 2 aromatic heterocycles. The minimum absolute atomic E-state index is 0.0892. The zero-order valence-electron chi connectivity index (χ0n) is 16.7. The molecule has 1 aliphatic heterocycles. The van der Waals surface area contributed by atoms with Crippen molar-refractivity contribution in [2.45, 2.75) is 33.0 Å². The van der Waals surface area contributed by atoms with Crippen LogP contribution in [0.25, 0.3) is 5.00 Å². The molecule has 0 spiro atoms. The minimum Gasteiger partial charge on any atom is -0.366 e. The molecule has 4 rings (SSSR count). The first-order valence-corrected chi connectivity index (χ1v) is 10.2. The second-order valence-electron chi connectivity index (χ2n) is 7.29. The van der Waals surface area contributed by atoms with E-state index >= 15 is 0 Å². The Labute approximate surface area is 170 Å². The Kier molecular flexibility index (Phi) is 5.31. The van der Waals surface area contributed by atoms with E-state index in [-0.39, 0.29) is 6.10 Å². The van der Waals surface area contributed by atoms with Gasteiger partial charge in [0.2, 0.25) is 0 Å². The summed E-state index contributed by atoms with van der Waals surface area (Å²) in [6.45, 7) is 5.32. The van der Waals surface area contributed by atoms with Gasteiger partial charge in [0.25, 0.3) is 0 Å². The number of aryl methyl sites for hydroxylation is 1. The Morgan fingerprint density at radius 2 is 2.04 bits per heavy atom. The maximum atomic E-state index is 6.13. The molecule has 0 aliphatic carbocycles. The quantitative estimate of drug-likeness (QED) is 0.637. The molecule has 0 radical (unpaired) electrons. The molecule has 1 atom stereocenters. The Morgan fingerprint density at radius 3 is 2.79 bits per heavy atom. The van der Waals surface area contributed by atoms with Crippen LogP contribution in [0, 0.1) is 18.8 Å². The number of rotatable bonds is 3. The molecular formula is C22H24N4OS. The second-order valence-corrected chi connectivity index (χ2v) is 8.29. The Morgan fingerprint density at radius 1 is 1.25 bits per heavy atom. The number of ether oxygens (including phenoxy) is 1. The van der Waals surface area contributed by atoms with Gasteiger partial charge in [0.05, 0.1) is 18.0 Å². The Hall–Kier alpha value is -2.46. The highest BCUT2D eigenvalue weighted by atomic mass is 32.1. The molecule has 144 valence electrons. The van der Waals surface area contributed by atoms with Crippen LogP contribution in [0.1, 0.15) is 46.2 Å². The first-order valence-electron chi connectivity index (χ1n) is 9.40. The predicted molar refractivity (Wildman–Crippen MR) is 112 cm³/mol. The van der Waals surface area contributed by atoms with Crippen molar-refractivity contribution in [2.75, 3.05) is 20.6 Å². The van der Waals surface area contributed by atoms with Gasteiger partial charge in [-0.3, -0.25) is 9.47 Å². The Bertz CT molecular complexity index is 1040. The molecule has 28 heavy (non-hydrogen) atoms. The third-order valence-corrected chi connectivity index (χ3v) is 5.99. The summed E-state index contributed by atoms with van der Waals surface area (Å²) in [5, 5.41) is 9.79. The minimum atomic E-state index is -0.0892. The molecule has 0 fully saturated rings. The van der Waals surface area contributed by atoms with Gasteiger partial charge in [0.15, 0.2) is 5.82 Å². The van der Waals surface area contributed by atoms with Gasteiger partial charge in [-0.05, 0) is 45.5 Å². The van der Waals surface area contributed by atoms with Crippen LogP contribution < -0.4 is 0 Å². The van der Waals surface area contributed by atoms with E-state index in [0.29, 0.717) is 6.61 Å². The van der Waals surface area contributed by atoms with Crippen LogP contribution >= 0.6 is 11.3 Å². The number of hydrogen-bond acceptors (Lipinski definition) is 5. The number of aromatic nitrogens is 3. The van der Waals surface area contributed by atoms with Gasteiger partial charge in [0.1, 0.15) is 16.9 Å². The van der Waals surface area contributed by atoms with E-state index in [4.69, 9.17) is 4.74 Å². The molecule has 5 nitrogen and oxygen atoms in total. The van der Waals surface area contributed by atoms with Crippen molar-refractivity contribution in [1.29, 1.82) is 0 Å². The molecule has 6 heteroatoms. The number of hydrogen-bond donors (Lipinski definition) is 0. The van der Waals surface area contributed by atoms with Crippen molar-refractivity contribution in [3.63, 3.8) is 0 Å². The molecule has 0 amide bonds. The lowest BCUT2D eigenvalue weighted by Crippen LogP contribution is -2.10. The maximum Gasteiger partial charge on any atom is 0.167 e. The molecule has 3 aromatic rings. The fraction of sp³-hybridized carbons (Fsp3) is 0.364. The third kappa shape index (κ3) is 3.61.